The maximum absolute atomic E-state index is 11.4. The summed E-state index contributed by atoms with van der Waals surface area (Å²) in [6.45, 7) is 5.04. The van der Waals surface area contributed by atoms with Crippen molar-refractivity contribution in [2.24, 2.45) is 0 Å². The Bertz CT molecular complexity index is 1310. The Balaban J connectivity index is 1.12. The van der Waals surface area contributed by atoms with Gasteiger partial charge in [0.05, 0.1) is 6.26 Å². The summed E-state index contributed by atoms with van der Waals surface area (Å²) in [6.07, 6.45) is 10.3. The van der Waals surface area contributed by atoms with Crippen LogP contribution in [0, 0.1) is 0 Å². The number of nitrogens with one attached hydrogen (secondary N) is 2. The molecule has 9 nitrogen and oxygen atoms in total. The third-order valence-electron chi connectivity index (χ3n) is 7.13. The topological polar surface area (TPSA) is 99.7 Å². The van der Waals surface area contributed by atoms with E-state index >= 15 is 0 Å². The number of ether oxygens (including phenoxy) is 1. The number of hydrogen-bond donors (Lipinski definition) is 2. The largest absolute Gasteiger partial charge is 0.457 e. The van der Waals surface area contributed by atoms with Crippen LogP contribution >= 0.6 is 0 Å². The molecule has 0 radical (unpaired) electrons. The summed E-state index contributed by atoms with van der Waals surface area (Å²) in [5.41, 5.74) is 1.74. The van der Waals surface area contributed by atoms with E-state index in [1.54, 1.807) is 24.3 Å². The van der Waals surface area contributed by atoms with E-state index in [1.807, 2.05) is 24.4 Å². The molecule has 208 valence electrons. The number of aromatic nitrogens is 2. The summed E-state index contributed by atoms with van der Waals surface area (Å²) < 4.78 is 31.1. The number of rotatable bonds is 9. The van der Waals surface area contributed by atoms with E-state index < -0.39 is 10.0 Å². The molecule has 0 bridgehead atoms. The Hall–Kier alpha value is -3.37. The minimum Gasteiger partial charge on any atom is -0.457 e. The van der Waals surface area contributed by atoms with E-state index in [-0.39, 0.29) is 0 Å². The van der Waals surface area contributed by atoms with Crippen molar-refractivity contribution >= 4 is 27.5 Å². The number of sulfonamides is 1. The highest BCUT2D eigenvalue weighted by Gasteiger charge is 2.21. The predicted octanol–water partition coefficient (Wildman–Crippen LogP) is 5.10. The molecule has 0 saturated carbocycles. The summed E-state index contributed by atoms with van der Waals surface area (Å²) in [5.74, 6) is 3.15. The number of hydrogen-bond acceptors (Lipinski definition) is 8. The normalized spacial score (nSPS) is 18.8. The van der Waals surface area contributed by atoms with Gasteiger partial charge in [-0.25, -0.2) is 13.4 Å². The van der Waals surface area contributed by atoms with E-state index in [1.165, 1.54) is 31.2 Å². The molecule has 2 fully saturated rings. The van der Waals surface area contributed by atoms with E-state index in [0.29, 0.717) is 17.5 Å². The average Bonchev–Trinajstić information content (AvgIpc) is 3.20. The van der Waals surface area contributed by atoms with Gasteiger partial charge in [-0.05, 0) is 80.3 Å². The molecular formula is C29H38N6O3S. The fraction of sp³-hybridized carbons (Fsp3) is 0.448. The average molecular weight is 551 g/mol. The molecule has 2 aliphatic heterocycles. The van der Waals surface area contributed by atoms with Crippen molar-refractivity contribution in [2.75, 3.05) is 47.4 Å². The zero-order valence-corrected chi connectivity index (χ0v) is 23.4. The third-order valence-corrected chi connectivity index (χ3v) is 7.74. The highest BCUT2D eigenvalue weighted by Crippen LogP contribution is 2.25. The molecule has 3 aromatic rings. The van der Waals surface area contributed by atoms with Crippen molar-refractivity contribution in [3.8, 4) is 11.5 Å². The fourth-order valence-electron chi connectivity index (χ4n) is 5.26. The molecule has 39 heavy (non-hydrogen) atoms. The molecule has 2 aliphatic rings. The first-order valence-corrected chi connectivity index (χ1v) is 15.7. The van der Waals surface area contributed by atoms with Gasteiger partial charge in [0.15, 0.2) is 0 Å². The summed E-state index contributed by atoms with van der Waals surface area (Å²) in [7, 11) is -3.30. The van der Waals surface area contributed by atoms with Gasteiger partial charge in [0.25, 0.3) is 0 Å². The minimum atomic E-state index is -3.30. The lowest BCUT2D eigenvalue weighted by Crippen LogP contribution is -2.42. The smallest absolute Gasteiger partial charge is 0.229 e. The van der Waals surface area contributed by atoms with Crippen LogP contribution in [0.4, 0.5) is 17.5 Å². The van der Waals surface area contributed by atoms with Crippen LogP contribution in [0.2, 0.25) is 0 Å². The Morgan fingerprint density at radius 1 is 0.897 bits per heavy atom. The first kappa shape index (κ1) is 27.2. The van der Waals surface area contributed by atoms with Gasteiger partial charge in [0, 0.05) is 44.1 Å². The molecule has 0 spiro atoms. The number of likely N-dealkylation sites (tertiary alicyclic amines) is 1. The Morgan fingerprint density at radius 2 is 1.59 bits per heavy atom. The number of nitrogens with zero attached hydrogens (tertiary/aromatic N) is 4. The molecule has 2 aromatic carbocycles. The lowest BCUT2D eigenvalue weighted by atomic mass is 10.0. The van der Waals surface area contributed by atoms with Gasteiger partial charge in [-0.1, -0.05) is 25.0 Å². The van der Waals surface area contributed by atoms with E-state index in [0.717, 1.165) is 69.3 Å². The predicted molar refractivity (Wildman–Crippen MR) is 156 cm³/mol. The summed E-state index contributed by atoms with van der Waals surface area (Å²) >= 11 is 0. The SMILES string of the molecule is CS(=O)(=O)Nc1ccc(Oc2ccc(CN3CCCC(Nc4nccc(N5CCCCCC5)n4)C3)cc2)cc1. The Kier molecular flexibility index (Phi) is 8.83. The van der Waals surface area contributed by atoms with Crippen LogP contribution in [-0.4, -0.2) is 61.8 Å². The summed E-state index contributed by atoms with van der Waals surface area (Å²) in [5, 5.41) is 3.60. The van der Waals surface area contributed by atoms with Gasteiger partial charge < -0.3 is 15.0 Å². The number of anilines is 3. The van der Waals surface area contributed by atoms with Crippen LogP contribution in [0.1, 0.15) is 44.1 Å². The second kappa shape index (κ2) is 12.7. The molecule has 0 aliphatic carbocycles. The van der Waals surface area contributed by atoms with E-state index in [2.05, 4.69) is 37.0 Å². The molecule has 1 unspecified atom stereocenters. The van der Waals surface area contributed by atoms with Gasteiger partial charge in [-0.15, -0.1) is 0 Å². The second-order valence-electron chi connectivity index (χ2n) is 10.5. The zero-order chi connectivity index (χ0) is 27.1. The van der Waals surface area contributed by atoms with Gasteiger partial charge in [0.1, 0.15) is 17.3 Å². The highest BCUT2D eigenvalue weighted by atomic mass is 32.2. The second-order valence-corrected chi connectivity index (χ2v) is 12.3. The van der Waals surface area contributed by atoms with Crippen LogP contribution in [0.25, 0.3) is 0 Å². The van der Waals surface area contributed by atoms with E-state index in [9.17, 15) is 8.42 Å². The number of benzene rings is 2. The molecule has 1 atom stereocenters. The molecule has 2 N–H and O–H groups in total. The standard InChI is InChI=1S/C29H38N6O3S/c1-39(36,37)33-24-10-14-27(15-11-24)38-26-12-8-23(9-13-26)21-34-18-6-7-25(22-34)31-29-30-17-16-28(32-29)35-19-4-2-3-5-20-35/h8-17,25,33H,2-7,18-22H2,1H3,(H,30,31,32). The third kappa shape index (κ3) is 8.31. The van der Waals surface area contributed by atoms with Crippen molar-refractivity contribution in [2.45, 2.75) is 51.1 Å². The Morgan fingerprint density at radius 3 is 2.28 bits per heavy atom. The first-order valence-electron chi connectivity index (χ1n) is 13.8. The van der Waals surface area contributed by atoms with Crippen LogP contribution in [0.5, 0.6) is 11.5 Å². The molecule has 2 saturated heterocycles. The van der Waals surface area contributed by atoms with Crippen molar-refractivity contribution in [3.05, 3.63) is 66.4 Å². The van der Waals surface area contributed by atoms with Crippen LogP contribution in [0.3, 0.4) is 0 Å². The van der Waals surface area contributed by atoms with Crippen molar-refractivity contribution in [3.63, 3.8) is 0 Å². The lowest BCUT2D eigenvalue weighted by molar-refractivity contribution is 0.208. The highest BCUT2D eigenvalue weighted by molar-refractivity contribution is 7.92. The van der Waals surface area contributed by atoms with Crippen molar-refractivity contribution in [1.29, 1.82) is 0 Å². The Labute approximate surface area is 231 Å². The van der Waals surface area contributed by atoms with Gasteiger partial charge in [-0.3, -0.25) is 9.62 Å². The molecule has 3 heterocycles. The summed E-state index contributed by atoms with van der Waals surface area (Å²) in [6, 6.07) is 17.3. The van der Waals surface area contributed by atoms with Gasteiger partial charge >= 0.3 is 0 Å². The minimum absolute atomic E-state index is 0.320. The van der Waals surface area contributed by atoms with Crippen LogP contribution in [-0.2, 0) is 16.6 Å². The fourth-order valence-corrected chi connectivity index (χ4v) is 5.82. The van der Waals surface area contributed by atoms with Gasteiger partial charge in [0.2, 0.25) is 16.0 Å². The number of piperidine rings is 1. The molecule has 5 rings (SSSR count). The lowest BCUT2D eigenvalue weighted by Gasteiger charge is -2.33. The van der Waals surface area contributed by atoms with Crippen LogP contribution < -0.4 is 19.7 Å². The first-order chi connectivity index (χ1) is 18.9. The van der Waals surface area contributed by atoms with E-state index in [4.69, 9.17) is 9.72 Å². The maximum atomic E-state index is 11.4. The van der Waals surface area contributed by atoms with Crippen molar-refractivity contribution in [1.82, 2.24) is 14.9 Å². The quantitative estimate of drug-likeness (QED) is 0.380. The van der Waals surface area contributed by atoms with Crippen LogP contribution in [0.15, 0.2) is 60.8 Å². The molecule has 10 heteroatoms. The maximum Gasteiger partial charge on any atom is 0.229 e. The molecule has 0 amide bonds. The monoisotopic (exact) mass is 550 g/mol. The summed E-state index contributed by atoms with van der Waals surface area (Å²) in [4.78, 5) is 14.2. The zero-order valence-electron chi connectivity index (χ0n) is 22.6. The molecular weight excluding hydrogens is 512 g/mol. The molecule has 1 aromatic heterocycles. The van der Waals surface area contributed by atoms with Crippen molar-refractivity contribution < 1.29 is 13.2 Å². The van der Waals surface area contributed by atoms with Gasteiger partial charge in [-0.2, -0.15) is 4.98 Å².